The Morgan fingerprint density at radius 2 is 1.85 bits per heavy atom. The Morgan fingerprint density at radius 1 is 1.12 bits per heavy atom. The van der Waals surface area contributed by atoms with Crippen LogP contribution in [0.1, 0.15) is 11.1 Å². The highest BCUT2D eigenvalue weighted by molar-refractivity contribution is 7.98. The number of carbonyl (C=O) groups excluding carboxylic acids is 2. The third-order valence-electron chi connectivity index (χ3n) is 3.35. The molecular formula is C18H16F3NO3S. The maximum absolute atomic E-state index is 12.7. The van der Waals surface area contributed by atoms with E-state index < -0.39 is 30.2 Å². The molecule has 0 aliphatic carbocycles. The van der Waals surface area contributed by atoms with E-state index in [1.54, 1.807) is 12.1 Å². The first-order valence-corrected chi connectivity index (χ1v) is 8.76. The number of rotatable bonds is 6. The van der Waals surface area contributed by atoms with Crippen molar-refractivity contribution in [2.24, 2.45) is 0 Å². The van der Waals surface area contributed by atoms with Gasteiger partial charge in [-0.05, 0) is 30.0 Å². The summed E-state index contributed by atoms with van der Waals surface area (Å²) in [5.41, 5.74) is -0.0777. The SMILES string of the molecule is CSc1ccccc1NC(=O)COC(=O)Cc1cccc(C(F)(F)F)c1. The Kier molecular flexibility index (Phi) is 6.68. The predicted molar refractivity (Wildman–Crippen MR) is 93.0 cm³/mol. The predicted octanol–water partition coefficient (Wildman–Crippen LogP) is 4.15. The minimum Gasteiger partial charge on any atom is -0.455 e. The molecule has 0 aliphatic rings. The number of benzene rings is 2. The van der Waals surface area contributed by atoms with Crippen LogP contribution in [0.4, 0.5) is 18.9 Å². The van der Waals surface area contributed by atoms with Crippen molar-refractivity contribution in [3.05, 3.63) is 59.7 Å². The molecule has 1 N–H and O–H groups in total. The van der Waals surface area contributed by atoms with E-state index in [-0.39, 0.29) is 12.0 Å². The van der Waals surface area contributed by atoms with Crippen molar-refractivity contribution >= 4 is 29.3 Å². The van der Waals surface area contributed by atoms with Crippen LogP contribution in [0.2, 0.25) is 0 Å². The van der Waals surface area contributed by atoms with Crippen LogP contribution in [-0.4, -0.2) is 24.7 Å². The summed E-state index contributed by atoms with van der Waals surface area (Å²) in [4.78, 5) is 24.5. The maximum atomic E-state index is 12.7. The van der Waals surface area contributed by atoms with Crippen molar-refractivity contribution in [1.29, 1.82) is 0 Å². The second-order valence-corrected chi connectivity index (χ2v) is 6.13. The first-order chi connectivity index (χ1) is 12.3. The lowest BCUT2D eigenvalue weighted by molar-refractivity contribution is -0.146. The molecule has 0 atom stereocenters. The number of amides is 1. The van der Waals surface area contributed by atoms with Crippen molar-refractivity contribution in [1.82, 2.24) is 0 Å². The van der Waals surface area contributed by atoms with Gasteiger partial charge in [0.25, 0.3) is 5.91 Å². The van der Waals surface area contributed by atoms with Gasteiger partial charge in [-0.15, -0.1) is 11.8 Å². The number of halogens is 3. The average molecular weight is 383 g/mol. The summed E-state index contributed by atoms with van der Waals surface area (Å²) in [6.45, 7) is -0.513. The zero-order valence-corrected chi connectivity index (χ0v) is 14.6. The van der Waals surface area contributed by atoms with Gasteiger partial charge in [0.05, 0.1) is 17.7 Å². The number of anilines is 1. The van der Waals surface area contributed by atoms with Gasteiger partial charge in [0, 0.05) is 4.90 Å². The molecular weight excluding hydrogens is 367 g/mol. The summed E-state index contributed by atoms with van der Waals surface area (Å²) in [5, 5.41) is 2.62. The summed E-state index contributed by atoms with van der Waals surface area (Å²) < 4.78 is 42.8. The molecule has 0 bridgehead atoms. The smallest absolute Gasteiger partial charge is 0.416 e. The zero-order valence-electron chi connectivity index (χ0n) is 13.8. The van der Waals surface area contributed by atoms with Crippen molar-refractivity contribution in [3.8, 4) is 0 Å². The molecule has 0 fully saturated rings. The van der Waals surface area contributed by atoms with E-state index in [1.165, 1.54) is 23.9 Å². The molecule has 2 aromatic carbocycles. The Bertz CT molecular complexity index is 793. The van der Waals surface area contributed by atoms with E-state index in [0.717, 1.165) is 17.0 Å². The van der Waals surface area contributed by atoms with Crippen molar-refractivity contribution < 1.29 is 27.5 Å². The number of carbonyl (C=O) groups is 2. The molecule has 1 amide bonds. The number of nitrogens with one attached hydrogen (secondary N) is 1. The van der Waals surface area contributed by atoms with Gasteiger partial charge in [-0.25, -0.2) is 0 Å². The topological polar surface area (TPSA) is 55.4 Å². The third kappa shape index (κ3) is 5.80. The molecule has 0 aromatic heterocycles. The Hall–Kier alpha value is -2.48. The molecule has 8 heteroatoms. The lowest BCUT2D eigenvalue weighted by Crippen LogP contribution is -2.22. The quantitative estimate of drug-likeness (QED) is 0.601. The summed E-state index contributed by atoms with van der Waals surface area (Å²) >= 11 is 1.45. The monoisotopic (exact) mass is 383 g/mol. The van der Waals surface area contributed by atoms with Gasteiger partial charge in [-0.1, -0.05) is 30.3 Å². The summed E-state index contributed by atoms with van der Waals surface area (Å²) in [6, 6.07) is 11.6. The minimum absolute atomic E-state index is 0.165. The average Bonchev–Trinajstić information content (AvgIpc) is 2.60. The van der Waals surface area contributed by atoms with Crippen LogP contribution in [0, 0.1) is 0 Å². The molecule has 2 rings (SSSR count). The molecule has 0 saturated heterocycles. The Morgan fingerprint density at radius 3 is 2.54 bits per heavy atom. The number of alkyl halides is 3. The number of esters is 1. The first-order valence-electron chi connectivity index (χ1n) is 7.54. The van der Waals surface area contributed by atoms with Crippen LogP contribution in [0.5, 0.6) is 0 Å². The van der Waals surface area contributed by atoms with Crippen LogP contribution in [-0.2, 0) is 26.9 Å². The molecule has 0 spiro atoms. The Labute approximate surface area is 152 Å². The normalized spacial score (nSPS) is 11.1. The van der Waals surface area contributed by atoms with Gasteiger partial charge in [0.2, 0.25) is 0 Å². The van der Waals surface area contributed by atoms with E-state index in [4.69, 9.17) is 4.74 Å². The largest absolute Gasteiger partial charge is 0.455 e. The van der Waals surface area contributed by atoms with Gasteiger partial charge in [0.1, 0.15) is 0 Å². The number of ether oxygens (including phenoxy) is 1. The van der Waals surface area contributed by atoms with E-state index >= 15 is 0 Å². The van der Waals surface area contributed by atoms with Gasteiger partial charge >= 0.3 is 12.1 Å². The summed E-state index contributed by atoms with van der Waals surface area (Å²) in [7, 11) is 0. The molecule has 2 aromatic rings. The number of para-hydroxylation sites is 1. The first kappa shape index (κ1) is 19.8. The van der Waals surface area contributed by atoms with Crippen LogP contribution in [0.3, 0.4) is 0 Å². The van der Waals surface area contributed by atoms with E-state index in [0.29, 0.717) is 5.69 Å². The number of hydrogen-bond donors (Lipinski definition) is 1. The third-order valence-corrected chi connectivity index (χ3v) is 4.14. The molecule has 0 aliphatic heterocycles. The van der Waals surface area contributed by atoms with Crippen LogP contribution in [0.15, 0.2) is 53.4 Å². The molecule has 0 saturated carbocycles. The van der Waals surface area contributed by atoms with Gasteiger partial charge < -0.3 is 10.1 Å². The van der Waals surface area contributed by atoms with Gasteiger partial charge in [0.15, 0.2) is 6.61 Å². The molecule has 0 heterocycles. The molecule has 4 nitrogen and oxygen atoms in total. The van der Waals surface area contributed by atoms with Crippen LogP contribution < -0.4 is 5.32 Å². The maximum Gasteiger partial charge on any atom is 0.416 e. The highest BCUT2D eigenvalue weighted by Gasteiger charge is 2.30. The van der Waals surface area contributed by atoms with Gasteiger partial charge in [-0.2, -0.15) is 13.2 Å². The standard InChI is InChI=1S/C18H16F3NO3S/c1-26-15-8-3-2-7-14(15)22-16(23)11-25-17(24)10-12-5-4-6-13(9-12)18(19,20)21/h2-9H,10-11H2,1H3,(H,22,23). The molecule has 0 radical (unpaired) electrons. The molecule has 138 valence electrons. The fourth-order valence-corrected chi connectivity index (χ4v) is 2.71. The minimum atomic E-state index is -4.48. The van der Waals surface area contributed by atoms with E-state index in [1.807, 2.05) is 18.4 Å². The van der Waals surface area contributed by atoms with Crippen molar-refractivity contribution in [3.63, 3.8) is 0 Å². The van der Waals surface area contributed by atoms with Crippen LogP contribution in [0.25, 0.3) is 0 Å². The highest BCUT2D eigenvalue weighted by atomic mass is 32.2. The summed E-state index contributed by atoms with van der Waals surface area (Å²) in [5.74, 6) is -1.30. The molecule has 0 unspecified atom stereocenters. The lowest BCUT2D eigenvalue weighted by atomic mass is 10.1. The second-order valence-electron chi connectivity index (χ2n) is 5.28. The zero-order chi connectivity index (χ0) is 19.2. The fourth-order valence-electron chi connectivity index (χ4n) is 2.16. The number of thioether (sulfide) groups is 1. The van der Waals surface area contributed by atoms with Crippen molar-refractivity contribution in [2.75, 3.05) is 18.2 Å². The van der Waals surface area contributed by atoms with E-state index in [2.05, 4.69) is 5.32 Å². The van der Waals surface area contributed by atoms with Crippen LogP contribution >= 0.6 is 11.8 Å². The fraction of sp³-hybridized carbons (Fsp3) is 0.222. The molecule has 26 heavy (non-hydrogen) atoms. The second kappa shape index (κ2) is 8.75. The highest BCUT2D eigenvalue weighted by Crippen LogP contribution is 2.29. The number of hydrogen-bond acceptors (Lipinski definition) is 4. The van der Waals surface area contributed by atoms with Crippen molar-refractivity contribution in [2.45, 2.75) is 17.5 Å². The van der Waals surface area contributed by atoms with Gasteiger partial charge in [-0.3, -0.25) is 9.59 Å². The Balaban J connectivity index is 1.88. The summed E-state index contributed by atoms with van der Waals surface area (Å²) in [6.07, 6.45) is -2.97. The lowest BCUT2D eigenvalue weighted by Gasteiger charge is -2.10. The van der Waals surface area contributed by atoms with E-state index in [9.17, 15) is 22.8 Å².